The van der Waals surface area contributed by atoms with Crippen molar-refractivity contribution in [3.8, 4) is 11.5 Å². The average molecular weight is 430 g/mol. The zero-order valence-corrected chi connectivity index (χ0v) is 20.9. The summed E-state index contributed by atoms with van der Waals surface area (Å²) in [6, 6.07) is 16.4. The van der Waals surface area contributed by atoms with Crippen molar-refractivity contribution >= 4 is 14.0 Å². The minimum Gasteiger partial charge on any atom is -0.497 e. The molecule has 2 aromatic carbocycles. The van der Waals surface area contributed by atoms with Crippen LogP contribution in [0.1, 0.15) is 52.1 Å². The first-order valence-electron chi connectivity index (χ1n) is 10.8. The van der Waals surface area contributed by atoms with Crippen LogP contribution in [0.5, 0.6) is 11.5 Å². The van der Waals surface area contributed by atoms with Gasteiger partial charge in [0.05, 0.1) is 26.4 Å². The van der Waals surface area contributed by atoms with Crippen molar-refractivity contribution < 1.29 is 13.9 Å². The Morgan fingerprint density at radius 1 is 0.867 bits per heavy atom. The zero-order valence-electron chi connectivity index (χ0n) is 19.9. The monoisotopic (exact) mass is 429 g/mol. The van der Waals surface area contributed by atoms with Crippen molar-refractivity contribution in [2.24, 2.45) is 0 Å². The number of methoxy groups -OCH3 is 2. The maximum atomic E-state index is 6.95. The quantitative estimate of drug-likeness (QED) is 0.411. The number of ether oxygens (including phenoxy) is 2. The third-order valence-electron chi connectivity index (χ3n) is 6.08. The Balaban J connectivity index is 2.41. The Bertz CT molecular complexity index is 766. The summed E-state index contributed by atoms with van der Waals surface area (Å²) in [6.07, 6.45) is 2.13. The van der Waals surface area contributed by atoms with Crippen molar-refractivity contribution in [1.29, 1.82) is 0 Å². The van der Waals surface area contributed by atoms with Gasteiger partial charge in [-0.05, 0) is 66.5 Å². The van der Waals surface area contributed by atoms with E-state index in [1.165, 1.54) is 5.56 Å². The van der Waals surface area contributed by atoms with Crippen LogP contribution in [-0.2, 0) is 4.43 Å². The van der Waals surface area contributed by atoms with Gasteiger partial charge in [-0.15, -0.1) is 0 Å². The molecule has 30 heavy (non-hydrogen) atoms. The lowest BCUT2D eigenvalue weighted by Crippen LogP contribution is -2.46. The Kier molecular flexibility index (Phi) is 8.39. The minimum atomic E-state index is -1.94. The van der Waals surface area contributed by atoms with Crippen molar-refractivity contribution in [3.63, 3.8) is 0 Å². The SMILES string of the molecule is CCCC(O[Si](C)(C)C(C)(C)C)C(Nc1ccc(OC)cc1)c1ccc(OC)cc1. The molecule has 2 unspecified atom stereocenters. The van der Waals surface area contributed by atoms with Crippen molar-refractivity contribution in [2.45, 2.75) is 70.8 Å². The number of anilines is 1. The van der Waals surface area contributed by atoms with E-state index >= 15 is 0 Å². The maximum absolute atomic E-state index is 6.95. The number of hydrogen-bond donors (Lipinski definition) is 1. The number of hydrogen-bond acceptors (Lipinski definition) is 4. The summed E-state index contributed by atoms with van der Waals surface area (Å²) < 4.78 is 17.6. The summed E-state index contributed by atoms with van der Waals surface area (Å²) in [5, 5.41) is 3.90. The molecule has 0 saturated heterocycles. The average Bonchev–Trinajstić information content (AvgIpc) is 2.71. The Morgan fingerprint density at radius 2 is 1.37 bits per heavy atom. The molecular formula is C25H39NO3Si. The summed E-state index contributed by atoms with van der Waals surface area (Å²) in [5.41, 5.74) is 2.25. The molecule has 5 heteroatoms. The molecule has 0 amide bonds. The van der Waals surface area contributed by atoms with Crippen molar-refractivity contribution in [2.75, 3.05) is 19.5 Å². The summed E-state index contributed by atoms with van der Waals surface area (Å²) in [7, 11) is 1.45. The first-order valence-corrected chi connectivity index (χ1v) is 13.7. The van der Waals surface area contributed by atoms with Crippen molar-refractivity contribution in [3.05, 3.63) is 54.1 Å². The second-order valence-corrected chi connectivity index (χ2v) is 14.1. The van der Waals surface area contributed by atoms with Gasteiger partial charge in [-0.2, -0.15) is 0 Å². The van der Waals surface area contributed by atoms with Crippen LogP contribution in [0.15, 0.2) is 48.5 Å². The number of nitrogens with one attached hydrogen (secondary N) is 1. The van der Waals surface area contributed by atoms with E-state index in [9.17, 15) is 0 Å². The molecular weight excluding hydrogens is 390 g/mol. The molecule has 0 bridgehead atoms. The van der Waals surface area contributed by atoms with Crippen LogP contribution in [0.4, 0.5) is 5.69 Å². The fourth-order valence-corrected chi connectivity index (χ4v) is 4.57. The molecule has 4 nitrogen and oxygen atoms in total. The van der Waals surface area contributed by atoms with E-state index in [-0.39, 0.29) is 17.2 Å². The van der Waals surface area contributed by atoms with E-state index in [0.717, 1.165) is 30.0 Å². The fraction of sp³-hybridized carbons (Fsp3) is 0.520. The molecule has 0 aliphatic heterocycles. The van der Waals surface area contributed by atoms with Crippen LogP contribution >= 0.6 is 0 Å². The van der Waals surface area contributed by atoms with Gasteiger partial charge in [0, 0.05) is 5.69 Å². The number of benzene rings is 2. The Labute approximate surface area is 184 Å². The molecule has 2 atom stereocenters. The van der Waals surface area contributed by atoms with Gasteiger partial charge in [0.1, 0.15) is 11.5 Å². The highest BCUT2D eigenvalue weighted by atomic mass is 28.4. The second-order valence-electron chi connectivity index (χ2n) is 9.33. The second kappa shape index (κ2) is 10.4. The predicted octanol–water partition coefficient (Wildman–Crippen LogP) is 7.05. The van der Waals surface area contributed by atoms with Crippen LogP contribution in [-0.4, -0.2) is 28.6 Å². The zero-order chi connectivity index (χ0) is 22.4. The van der Waals surface area contributed by atoms with Gasteiger partial charge in [0.15, 0.2) is 8.32 Å². The van der Waals surface area contributed by atoms with E-state index in [2.05, 4.69) is 70.4 Å². The maximum Gasteiger partial charge on any atom is 0.192 e. The summed E-state index contributed by atoms with van der Waals surface area (Å²) in [4.78, 5) is 0. The Morgan fingerprint density at radius 3 is 1.80 bits per heavy atom. The van der Waals surface area contributed by atoms with E-state index in [4.69, 9.17) is 13.9 Å². The molecule has 0 heterocycles. The first kappa shape index (κ1) is 24.3. The first-order chi connectivity index (χ1) is 14.1. The molecule has 1 N–H and O–H groups in total. The molecule has 2 rings (SSSR count). The topological polar surface area (TPSA) is 39.7 Å². The highest BCUT2D eigenvalue weighted by Gasteiger charge is 2.40. The van der Waals surface area contributed by atoms with Gasteiger partial charge in [-0.3, -0.25) is 0 Å². The van der Waals surface area contributed by atoms with Gasteiger partial charge < -0.3 is 19.2 Å². The lowest BCUT2D eigenvalue weighted by molar-refractivity contribution is 0.149. The predicted molar refractivity (Wildman–Crippen MR) is 129 cm³/mol. The molecule has 166 valence electrons. The standard InChI is InChI=1S/C25H39NO3Si/c1-9-10-23(29-30(7,8)25(2,3)4)24(19-11-15-21(27-5)16-12-19)26-20-13-17-22(28-6)18-14-20/h11-18,23-24,26H,9-10H2,1-8H3. The lowest BCUT2D eigenvalue weighted by Gasteiger charge is -2.42. The highest BCUT2D eigenvalue weighted by Crippen LogP contribution is 2.40. The fourth-order valence-electron chi connectivity index (χ4n) is 3.20. The van der Waals surface area contributed by atoms with Gasteiger partial charge >= 0.3 is 0 Å². The lowest BCUT2D eigenvalue weighted by atomic mass is 9.97. The van der Waals surface area contributed by atoms with Gasteiger partial charge in [0.2, 0.25) is 0 Å². The molecule has 0 aliphatic rings. The summed E-state index contributed by atoms with van der Waals surface area (Å²) in [6.45, 7) is 13.8. The molecule has 0 aromatic heterocycles. The van der Waals surface area contributed by atoms with Gasteiger partial charge in [-0.1, -0.05) is 46.2 Å². The number of rotatable bonds is 10. The molecule has 0 radical (unpaired) electrons. The summed E-state index contributed by atoms with van der Waals surface area (Å²) >= 11 is 0. The van der Waals surface area contributed by atoms with Gasteiger partial charge in [-0.25, -0.2) is 0 Å². The molecule has 0 saturated carbocycles. The van der Waals surface area contributed by atoms with Gasteiger partial charge in [0.25, 0.3) is 0 Å². The largest absolute Gasteiger partial charge is 0.497 e. The molecule has 2 aromatic rings. The van der Waals surface area contributed by atoms with E-state index < -0.39 is 8.32 Å². The van der Waals surface area contributed by atoms with Crippen molar-refractivity contribution in [1.82, 2.24) is 0 Å². The highest BCUT2D eigenvalue weighted by molar-refractivity contribution is 6.74. The third-order valence-corrected chi connectivity index (χ3v) is 10.6. The van der Waals surface area contributed by atoms with Crippen LogP contribution in [0.25, 0.3) is 0 Å². The van der Waals surface area contributed by atoms with Crippen LogP contribution in [0.3, 0.4) is 0 Å². The van der Waals surface area contributed by atoms with Crippen LogP contribution in [0, 0.1) is 0 Å². The van der Waals surface area contributed by atoms with Crippen LogP contribution in [0.2, 0.25) is 18.1 Å². The van der Waals surface area contributed by atoms with E-state index in [1.54, 1.807) is 14.2 Å². The molecule has 0 aliphatic carbocycles. The van der Waals surface area contributed by atoms with E-state index in [1.807, 2.05) is 24.3 Å². The smallest absolute Gasteiger partial charge is 0.192 e. The third kappa shape index (κ3) is 6.26. The summed E-state index contributed by atoms with van der Waals surface area (Å²) in [5.74, 6) is 1.71. The van der Waals surface area contributed by atoms with Crippen LogP contribution < -0.4 is 14.8 Å². The molecule has 0 spiro atoms. The van der Waals surface area contributed by atoms with E-state index in [0.29, 0.717) is 0 Å². The Hall–Kier alpha value is -1.98. The minimum absolute atomic E-state index is 0.0402. The normalized spacial score (nSPS) is 14.1. The molecule has 0 fully saturated rings.